The molecular formula is C19H22ClNO4. The lowest BCUT2D eigenvalue weighted by atomic mass is 10.1. The van der Waals surface area contributed by atoms with Crippen molar-refractivity contribution in [3.8, 4) is 17.2 Å². The number of hydrogen-bond donors (Lipinski definition) is 0. The van der Waals surface area contributed by atoms with Crippen LogP contribution in [-0.4, -0.2) is 38.7 Å². The summed E-state index contributed by atoms with van der Waals surface area (Å²) in [5.74, 6) is 1.20. The van der Waals surface area contributed by atoms with Crippen molar-refractivity contribution in [3.63, 3.8) is 0 Å². The van der Waals surface area contributed by atoms with Gasteiger partial charge < -0.3 is 19.1 Å². The van der Waals surface area contributed by atoms with Crippen LogP contribution in [0.2, 0.25) is 5.02 Å². The van der Waals surface area contributed by atoms with Crippen molar-refractivity contribution in [2.24, 2.45) is 0 Å². The predicted octanol–water partition coefficient (Wildman–Crippen LogP) is 4.03. The van der Waals surface area contributed by atoms with Gasteiger partial charge in [-0.25, -0.2) is 0 Å². The molecular weight excluding hydrogens is 342 g/mol. The van der Waals surface area contributed by atoms with Crippen molar-refractivity contribution in [3.05, 3.63) is 52.5 Å². The number of hydrogen-bond acceptors (Lipinski definition) is 4. The Morgan fingerprint density at radius 3 is 2.12 bits per heavy atom. The Hall–Kier alpha value is -2.40. The third kappa shape index (κ3) is 4.17. The van der Waals surface area contributed by atoms with Gasteiger partial charge in [0.05, 0.1) is 21.3 Å². The van der Waals surface area contributed by atoms with Gasteiger partial charge in [0.25, 0.3) is 5.91 Å². The van der Waals surface area contributed by atoms with Crippen LogP contribution in [0.4, 0.5) is 0 Å². The third-order valence-electron chi connectivity index (χ3n) is 3.90. The topological polar surface area (TPSA) is 48.0 Å². The molecule has 0 radical (unpaired) electrons. The number of benzene rings is 2. The molecule has 5 nitrogen and oxygen atoms in total. The minimum absolute atomic E-state index is 0.137. The Morgan fingerprint density at radius 1 is 1.04 bits per heavy atom. The van der Waals surface area contributed by atoms with E-state index in [0.717, 1.165) is 5.56 Å². The molecule has 2 aromatic rings. The number of carbonyl (C=O) groups is 1. The van der Waals surface area contributed by atoms with Gasteiger partial charge in [0.15, 0.2) is 11.5 Å². The number of carbonyl (C=O) groups excluding carboxylic acids is 1. The molecule has 0 N–H and O–H groups in total. The fraction of sp³-hybridized carbons (Fsp3) is 0.316. The van der Waals surface area contributed by atoms with E-state index in [2.05, 4.69) is 0 Å². The number of nitrogens with zero attached hydrogens (tertiary/aromatic N) is 1. The summed E-state index contributed by atoms with van der Waals surface area (Å²) in [7, 11) is 4.57. The minimum Gasteiger partial charge on any atom is -0.493 e. The first kappa shape index (κ1) is 18.9. The lowest BCUT2D eigenvalue weighted by molar-refractivity contribution is 0.0752. The fourth-order valence-corrected chi connectivity index (χ4v) is 2.74. The zero-order chi connectivity index (χ0) is 18.4. The molecule has 0 aliphatic carbocycles. The van der Waals surface area contributed by atoms with E-state index >= 15 is 0 Å². The van der Waals surface area contributed by atoms with Crippen molar-refractivity contribution in [2.75, 3.05) is 27.9 Å². The van der Waals surface area contributed by atoms with Crippen LogP contribution >= 0.6 is 11.6 Å². The summed E-state index contributed by atoms with van der Waals surface area (Å²) in [6, 6.07) is 10.8. The molecule has 0 saturated carbocycles. The summed E-state index contributed by atoms with van der Waals surface area (Å²) in [6.07, 6.45) is 0. The van der Waals surface area contributed by atoms with Gasteiger partial charge in [-0.2, -0.15) is 0 Å². The number of halogens is 1. The quantitative estimate of drug-likeness (QED) is 0.745. The molecule has 2 aromatic carbocycles. The maximum Gasteiger partial charge on any atom is 0.254 e. The van der Waals surface area contributed by atoms with Crippen LogP contribution in [-0.2, 0) is 6.54 Å². The second-order valence-electron chi connectivity index (χ2n) is 5.32. The molecule has 0 aliphatic rings. The Morgan fingerprint density at radius 2 is 1.64 bits per heavy atom. The van der Waals surface area contributed by atoms with Crippen LogP contribution in [0.1, 0.15) is 22.8 Å². The molecule has 0 fully saturated rings. The summed E-state index contributed by atoms with van der Waals surface area (Å²) < 4.78 is 15.9. The lowest BCUT2D eigenvalue weighted by Gasteiger charge is -2.23. The maximum absolute atomic E-state index is 13.0. The number of ether oxygens (including phenoxy) is 3. The Kier molecular flexibility index (Phi) is 6.53. The molecule has 0 atom stereocenters. The van der Waals surface area contributed by atoms with Crippen molar-refractivity contribution >= 4 is 17.5 Å². The molecule has 2 rings (SSSR count). The second-order valence-corrected chi connectivity index (χ2v) is 5.73. The van der Waals surface area contributed by atoms with Crippen LogP contribution < -0.4 is 14.2 Å². The molecule has 0 spiro atoms. The number of amides is 1. The molecule has 0 unspecified atom stereocenters. The Labute approximate surface area is 153 Å². The molecule has 0 saturated heterocycles. The van der Waals surface area contributed by atoms with E-state index in [9.17, 15) is 4.79 Å². The largest absolute Gasteiger partial charge is 0.493 e. The SMILES string of the molecule is CCN(Cc1ccccc1Cl)C(=O)c1cc(OC)c(OC)c(OC)c1. The first-order chi connectivity index (χ1) is 12.0. The van der Waals surface area contributed by atoms with Crippen molar-refractivity contribution < 1.29 is 19.0 Å². The van der Waals surface area contributed by atoms with Gasteiger partial charge in [0.2, 0.25) is 5.75 Å². The molecule has 0 heterocycles. The van der Waals surface area contributed by atoms with E-state index in [1.165, 1.54) is 21.3 Å². The zero-order valence-electron chi connectivity index (χ0n) is 14.8. The molecule has 1 amide bonds. The fourth-order valence-electron chi connectivity index (χ4n) is 2.55. The lowest BCUT2D eigenvalue weighted by Crippen LogP contribution is -2.30. The summed E-state index contributed by atoms with van der Waals surface area (Å²) in [5, 5.41) is 0.638. The highest BCUT2D eigenvalue weighted by atomic mass is 35.5. The van der Waals surface area contributed by atoms with E-state index in [1.54, 1.807) is 17.0 Å². The normalized spacial score (nSPS) is 10.3. The molecule has 134 valence electrons. The average Bonchev–Trinajstić information content (AvgIpc) is 2.65. The first-order valence-electron chi connectivity index (χ1n) is 7.88. The van der Waals surface area contributed by atoms with Gasteiger partial charge in [-0.15, -0.1) is 0 Å². The summed E-state index contributed by atoms with van der Waals surface area (Å²) in [4.78, 5) is 14.7. The summed E-state index contributed by atoms with van der Waals surface area (Å²) in [5.41, 5.74) is 1.36. The third-order valence-corrected chi connectivity index (χ3v) is 4.27. The number of rotatable bonds is 7. The van der Waals surface area contributed by atoms with Gasteiger partial charge in [0.1, 0.15) is 0 Å². The predicted molar refractivity (Wildman–Crippen MR) is 98.0 cm³/mol. The van der Waals surface area contributed by atoms with Gasteiger partial charge in [0, 0.05) is 23.7 Å². The van der Waals surface area contributed by atoms with Gasteiger partial charge in [-0.1, -0.05) is 29.8 Å². The Balaban J connectivity index is 2.35. The van der Waals surface area contributed by atoms with Gasteiger partial charge in [-0.3, -0.25) is 4.79 Å². The number of methoxy groups -OCH3 is 3. The molecule has 0 aliphatic heterocycles. The van der Waals surface area contributed by atoms with E-state index in [4.69, 9.17) is 25.8 Å². The molecule has 25 heavy (non-hydrogen) atoms. The van der Waals surface area contributed by atoms with Crippen LogP contribution in [0.5, 0.6) is 17.2 Å². The van der Waals surface area contributed by atoms with E-state index in [-0.39, 0.29) is 5.91 Å². The Bertz CT molecular complexity index is 723. The van der Waals surface area contributed by atoms with Gasteiger partial charge >= 0.3 is 0 Å². The molecule has 6 heteroatoms. The minimum atomic E-state index is -0.137. The van der Waals surface area contributed by atoms with Gasteiger partial charge in [-0.05, 0) is 30.7 Å². The van der Waals surface area contributed by atoms with E-state index in [0.29, 0.717) is 40.9 Å². The summed E-state index contributed by atoms with van der Waals surface area (Å²) >= 11 is 6.22. The van der Waals surface area contributed by atoms with Crippen molar-refractivity contribution in [1.82, 2.24) is 4.90 Å². The van der Waals surface area contributed by atoms with Crippen molar-refractivity contribution in [2.45, 2.75) is 13.5 Å². The highest BCUT2D eigenvalue weighted by Crippen LogP contribution is 2.38. The van der Waals surface area contributed by atoms with Crippen LogP contribution in [0.25, 0.3) is 0 Å². The average molecular weight is 364 g/mol. The van der Waals surface area contributed by atoms with Crippen LogP contribution in [0, 0.1) is 0 Å². The second kappa shape index (κ2) is 8.62. The molecule has 0 aromatic heterocycles. The monoisotopic (exact) mass is 363 g/mol. The first-order valence-corrected chi connectivity index (χ1v) is 8.26. The smallest absolute Gasteiger partial charge is 0.254 e. The zero-order valence-corrected chi connectivity index (χ0v) is 15.6. The standard InChI is InChI=1S/C19H22ClNO4/c1-5-21(12-13-8-6-7-9-15(13)20)19(22)14-10-16(23-2)18(25-4)17(11-14)24-3/h6-11H,5,12H2,1-4H3. The van der Waals surface area contributed by atoms with E-state index < -0.39 is 0 Å². The van der Waals surface area contributed by atoms with Crippen LogP contribution in [0.15, 0.2) is 36.4 Å². The summed E-state index contributed by atoms with van der Waals surface area (Å²) in [6.45, 7) is 2.89. The highest BCUT2D eigenvalue weighted by Gasteiger charge is 2.21. The van der Waals surface area contributed by atoms with Crippen molar-refractivity contribution in [1.29, 1.82) is 0 Å². The molecule has 0 bridgehead atoms. The van der Waals surface area contributed by atoms with E-state index in [1.807, 2.05) is 31.2 Å². The maximum atomic E-state index is 13.0. The highest BCUT2D eigenvalue weighted by molar-refractivity contribution is 6.31. The van der Waals surface area contributed by atoms with Crippen LogP contribution in [0.3, 0.4) is 0 Å².